The van der Waals surface area contributed by atoms with Crippen LogP contribution >= 0.6 is 34.8 Å². The molecule has 0 amide bonds. The van der Waals surface area contributed by atoms with Gasteiger partial charge in [-0.1, -0.05) is 46.9 Å². The Bertz CT molecular complexity index is 651. The Morgan fingerprint density at radius 2 is 1.83 bits per heavy atom. The zero-order chi connectivity index (χ0) is 16.8. The lowest BCUT2D eigenvalue weighted by atomic mass is 10.1. The number of nitrogens with one attached hydrogen (secondary N) is 1. The molecule has 0 heterocycles. The molecule has 0 saturated heterocycles. The number of hydrogen-bond acceptors (Lipinski definition) is 3. The maximum absolute atomic E-state index is 10.0. The third kappa shape index (κ3) is 5.87. The molecule has 2 N–H and O–H groups in total. The van der Waals surface area contributed by atoms with Gasteiger partial charge in [0.25, 0.3) is 0 Å². The molecule has 0 saturated carbocycles. The van der Waals surface area contributed by atoms with Gasteiger partial charge in [0.15, 0.2) is 0 Å². The topological polar surface area (TPSA) is 41.5 Å². The molecule has 23 heavy (non-hydrogen) atoms. The number of hydrogen-bond donors (Lipinski definition) is 2. The molecule has 0 aromatic heterocycles. The molecule has 0 aliphatic heterocycles. The van der Waals surface area contributed by atoms with Crippen LogP contribution in [0.5, 0.6) is 5.75 Å². The molecule has 2 unspecified atom stereocenters. The average molecular weight is 375 g/mol. The summed E-state index contributed by atoms with van der Waals surface area (Å²) >= 11 is 17.8. The fraction of sp³-hybridized carbons (Fsp3) is 0.294. The molecule has 3 nitrogen and oxygen atoms in total. The van der Waals surface area contributed by atoms with Crippen molar-refractivity contribution in [2.24, 2.45) is 0 Å². The second-order valence-corrected chi connectivity index (χ2v) is 6.50. The van der Waals surface area contributed by atoms with E-state index in [1.165, 1.54) is 0 Å². The summed E-state index contributed by atoms with van der Waals surface area (Å²) in [7, 11) is 0. The minimum Gasteiger partial charge on any atom is -0.489 e. The minimum absolute atomic E-state index is 0.0717. The summed E-state index contributed by atoms with van der Waals surface area (Å²) in [6.45, 7) is 2.53. The lowest BCUT2D eigenvalue weighted by molar-refractivity contribution is 0.104. The number of benzene rings is 2. The van der Waals surface area contributed by atoms with E-state index in [0.29, 0.717) is 27.4 Å². The molecule has 2 rings (SSSR count). The Balaban J connectivity index is 1.79. The van der Waals surface area contributed by atoms with Gasteiger partial charge in [-0.2, -0.15) is 0 Å². The molecule has 0 spiro atoms. The number of ether oxygens (including phenoxy) is 1. The van der Waals surface area contributed by atoms with Crippen molar-refractivity contribution in [3.8, 4) is 5.75 Å². The van der Waals surface area contributed by atoms with Crippen molar-refractivity contribution in [3.05, 3.63) is 63.1 Å². The van der Waals surface area contributed by atoms with Crippen LogP contribution in [0.2, 0.25) is 15.1 Å². The Morgan fingerprint density at radius 3 is 2.52 bits per heavy atom. The van der Waals surface area contributed by atoms with Gasteiger partial charge in [-0.15, -0.1) is 0 Å². The fourth-order valence-electron chi connectivity index (χ4n) is 2.04. The Morgan fingerprint density at radius 1 is 1.09 bits per heavy atom. The van der Waals surface area contributed by atoms with Crippen LogP contribution < -0.4 is 10.1 Å². The first-order valence-electron chi connectivity index (χ1n) is 7.20. The van der Waals surface area contributed by atoms with E-state index in [-0.39, 0.29) is 12.6 Å². The smallest absolute Gasteiger partial charge is 0.138 e. The van der Waals surface area contributed by atoms with Crippen LogP contribution in [-0.4, -0.2) is 24.4 Å². The maximum atomic E-state index is 10.0. The van der Waals surface area contributed by atoms with Crippen molar-refractivity contribution in [1.82, 2.24) is 5.32 Å². The number of halogens is 3. The van der Waals surface area contributed by atoms with Gasteiger partial charge >= 0.3 is 0 Å². The van der Waals surface area contributed by atoms with Crippen LogP contribution in [0, 0.1) is 0 Å². The molecule has 0 fully saturated rings. The molecule has 0 radical (unpaired) electrons. The maximum Gasteiger partial charge on any atom is 0.138 e. The first-order valence-corrected chi connectivity index (χ1v) is 8.34. The van der Waals surface area contributed by atoms with Crippen LogP contribution in [0.1, 0.15) is 18.5 Å². The van der Waals surface area contributed by atoms with Crippen molar-refractivity contribution in [2.75, 3.05) is 13.2 Å². The minimum atomic E-state index is -0.664. The van der Waals surface area contributed by atoms with Crippen LogP contribution in [0.25, 0.3) is 0 Å². The standard InChI is InChI=1S/C17H18Cl3NO2/c1-11(12-3-2-4-13(18)7-12)21-9-15(22)10-23-17-6-5-14(19)8-16(17)20/h2-8,11,15,21-22H,9-10H2,1H3. The Hall–Kier alpha value is -0.970. The first kappa shape index (κ1) is 18.4. The van der Waals surface area contributed by atoms with Gasteiger partial charge in [-0.3, -0.25) is 0 Å². The van der Waals surface area contributed by atoms with Gasteiger partial charge in [-0.05, 0) is 42.8 Å². The van der Waals surface area contributed by atoms with Crippen LogP contribution in [0.15, 0.2) is 42.5 Å². The van der Waals surface area contributed by atoms with Crippen molar-refractivity contribution in [1.29, 1.82) is 0 Å². The molecule has 124 valence electrons. The predicted molar refractivity (Wildman–Crippen MR) is 95.8 cm³/mol. The van der Waals surface area contributed by atoms with E-state index < -0.39 is 6.10 Å². The van der Waals surface area contributed by atoms with E-state index in [1.54, 1.807) is 18.2 Å². The van der Waals surface area contributed by atoms with E-state index in [1.807, 2.05) is 31.2 Å². The highest BCUT2D eigenvalue weighted by Crippen LogP contribution is 2.27. The average Bonchev–Trinajstić information content (AvgIpc) is 2.51. The van der Waals surface area contributed by atoms with E-state index >= 15 is 0 Å². The molecule has 2 atom stereocenters. The highest BCUT2D eigenvalue weighted by molar-refractivity contribution is 6.35. The summed E-state index contributed by atoms with van der Waals surface area (Å²) in [4.78, 5) is 0. The summed E-state index contributed by atoms with van der Waals surface area (Å²) in [5.74, 6) is 0.498. The fourth-order valence-corrected chi connectivity index (χ4v) is 2.71. The third-order valence-electron chi connectivity index (χ3n) is 3.33. The van der Waals surface area contributed by atoms with Crippen LogP contribution in [0.3, 0.4) is 0 Å². The Kier molecular flexibility index (Phi) is 7.00. The van der Waals surface area contributed by atoms with E-state index in [9.17, 15) is 5.11 Å². The predicted octanol–water partition coefficient (Wildman–Crippen LogP) is 4.74. The van der Waals surface area contributed by atoms with E-state index in [0.717, 1.165) is 5.56 Å². The van der Waals surface area contributed by atoms with E-state index in [2.05, 4.69) is 5.32 Å². The Labute approximate surface area is 151 Å². The van der Waals surface area contributed by atoms with Gasteiger partial charge in [0, 0.05) is 22.6 Å². The molecule has 2 aromatic carbocycles. The summed E-state index contributed by atoms with van der Waals surface area (Å²) in [6.07, 6.45) is -0.664. The highest BCUT2D eigenvalue weighted by atomic mass is 35.5. The van der Waals surface area contributed by atoms with Gasteiger partial charge < -0.3 is 15.2 Å². The summed E-state index contributed by atoms with van der Waals surface area (Å²) in [5, 5.41) is 14.9. The van der Waals surface area contributed by atoms with Crippen molar-refractivity contribution in [3.63, 3.8) is 0 Å². The SMILES string of the molecule is CC(NCC(O)COc1ccc(Cl)cc1Cl)c1cccc(Cl)c1. The molecule has 0 aliphatic carbocycles. The third-order valence-corrected chi connectivity index (χ3v) is 4.10. The van der Waals surface area contributed by atoms with Gasteiger partial charge in [0.05, 0.1) is 5.02 Å². The summed E-state index contributed by atoms with van der Waals surface area (Å²) < 4.78 is 5.51. The normalized spacial score (nSPS) is 13.6. The van der Waals surface area contributed by atoms with Gasteiger partial charge in [-0.25, -0.2) is 0 Å². The van der Waals surface area contributed by atoms with Crippen LogP contribution in [-0.2, 0) is 0 Å². The summed E-state index contributed by atoms with van der Waals surface area (Å²) in [5.41, 5.74) is 1.06. The lowest BCUT2D eigenvalue weighted by Gasteiger charge is -2.18. The van der Waals surface area contributed by atoms with Gasteiger partial charge in [0.1, 0.15) is 18.5 Å². The highest BCUT2D eigenvalue weighted by Gasteiger charge is 2.11. The van der Waals surface area contributed by atoms with Gasteiger partial charge in [0.2, 0.25) is 0 Å². The molecule has 2 aromatic rings. The largest absolute Gasteiger partial charge is 0.489 e. The van der Waals surface area contributed by atoms with Crippen molar-refractivity contribution in [2.45, 2.75) is 19.1 Å². The van der Waals surface area contributed by atoms with Crippen molar-refractivity contribution >= 4 is 34.8 Å². The summed E-state index contributed by atoms with van der Waals surface area (Å²) in [6, 6.07) is 12.7. The zero-order valence-corrected chi connectivity index (χ0v) is 14.9. The molecule has 0 aliphatic rings. The molecular formula is C17H18Cl3NO2. The molecular weight excluding hydrogens is 357 g/mol. The number of aliphatic hydroxyl groups is 1. The zero-order valence-electron chi connectivity index (χ0n) is 12.6. The lowest BCUT2D eigenvalue weighted by Crippen LogP contribution is -2.33. The van der Waals surface area contributed by atoms with Crippen LogP contribution in [0.4, 0.5) is 0 Å². The second kappa shape index (κ2) is 8.76. The van der Waals surface area contributed by atoms with E-state index in [4.69, 9.17) is 39.5 Å². The molecule has 0 bridgehead atoms. The number of aliphatic hydroxyl groups excluding tert-OH is 1. The monoisotopic (exact) mass is 373 g/mol. The number of rotatable bonds is 7. The quantitative estimate of drug-likeness (QED) is 0.735. The molecule has 6 heteroatoms. The second-order valence-electron chi connectivity index (χ2n) is 5.22. The first-order chi connectivity index (χ1) is 11.0. The van der Waals surface area contributed by atoms with Crippen molar-refractivity contribution < 1.29 is 9.84 Å².